The normalized spacial score (nSPS) is 14.2. The second kappa shape index (κ2) is 11.3. The average molecular weight is 642 g/mol. The lowest BCUT2D eigenvalue weighted by Crippen LogP contribution is -2.21. The Balaban J connectivity index is 1.27. The van der Waals surface area contributed by atoms with E-state index in [9.17, 15) is 10.1 Å². The predicted molar refractivity (Wildman–Crippen MR) is 162 cm³/mol. The van der Waals surface area contributed by atoms with Crippen molar-refractivity contribution in [1.82, 2.24) is 0 Å². The minimum absolute atomic E-state index is 0.0235. The van der Waals surface area contributed by atoms with Crippen molar-refractivity contribution >= 4 is 44.5 Å². The highest BCUT2D eigenvalue weighted by Crippen LogP contribution is 2.44. The van der Waals surface area contributed by atoms with Crippen molar-refractivity contribution in [3.63, 3.8) is 0 Å². The van der Waals surface area contributed by atoms with Gasteiger partial charge in [-0.25, -0.2) is 4.79 Å². The number of allylic oxidation sites excluding steroid dienone is 1. The lowest BCUT2D eigenvalue weighted by molar-refractivity contribution is 0.0702. The zero-order valence-electron chi connectivity index (χ0n) is 22.2. The molecular weight excluding hydrogens is 620 g/mol. The molecule has 0 amide bonds. The van der Waals surface area contributed by atoms with E-state index < -0.39 is 11.9 Å². The number of benzene rings is 4. The zero-order valence-corrected chi connectivity index (χ0v) is 24.5. The lowest BCUT2D eigenvalue weighted by atomic mass is 9.83. The van der Waals surface area contributed by atoms with Crippen LogP contribution < -0.4 is 19.9 Å². The van der Waals surface area contributed by atoms with Gasteiger partial charge in [0.15, 0.2) is 0 Å². The molecule has 9 heteroatoms. The summed E-state index contributed by atoms with van der Waals surface area (Å²) in [5.74, 6) is 0.180. The standard InChI is InChI=1S/C33H22BrClN2O5/c1-18-26-14-21(34)7-12-28(26)41-31(18)33(38)40-24-10-11-25-29(15-24)42-32(37)27(16-36)30(25)20-3-2-4-23(13-20)39-17-19-5-8-22(35)9-6-19/h2-15,30H,17,37H2,1H3. The molecule has 0 saturated heterocycles. The Morgan fingerprint density at radius 2 is 1.86 bits per heavy atom. The molecule has 0 fully saturated rings. The van der Waals surface area contributed by atoms with E-state index in [2.05, 4.69) is 22.0 Å². The van der Waals surface area contributed by atoms with E-state index in [4.69, 9.17) is 36.0 Å². The molecular formula is C33H22BrClN2O5. The molecule has 4 aromatic carbocycles. The van der Waals surface area contributed by atoms with Gasteiger partial charge < -0.3 is 24.4 Å². The Labute approximate surface area is 254 Å². The number of nitrogens with zero attached hydrogens (tertiary/aromatic N) is 1. The number of carbonyl (C=O) groups is 1. The first-order valence-corrected chi connectivity index (χ1v) is 14.1. The van der Waals surface area contributed by atoms with Gasteiger partial charge in [0, 0.05) is 32.1 Å². The van der Waals surface area contributed by atoms with Crippen molar-refractivity contribution in [1.29, 1.82) is 5.26 Å². The minimum atomic E-state index is -0.640. The van der Waals surface area contributed by atoms with Crippen molar-refractivity contribution in [3.05, 3.63) is 134 Å². The summed E-state index contributed by atoms with van der Waals surface area (Å²) in [6.45, 7) is 2.16. The first-order valence-electron chi connectivity index (χ1n) is 12.9. The molecule has 5 aromatic rings. The lowest BCUT2D eigenvalue weighted by Gasteiger charge is -2.27. The third kappa shape index (κ3) is 5.32. The third-order valence-electron chi connectivity index (χ3n) is 6.99. The van der Waals surface area contributed by atoms with Gasteiger partial charge in [-0.2, -0.15) is 5.26 Å². The Kier molecular flexibility index (Phi) is 7.38. The maximum atomic E-state index is 13.1. The molecule has 1 aromatic heterocycles. The average Bonchev–Trinajstić information content (AvgIpc) is 3.31. The van der Waals surface area contributed by atoms with Crippen molar-refractivity contribution in [3.8, 4) is 23.3 Å². The fraction of sp³-hybridized carbons (Fsp3) is 0.0909. The summed E-state index contributed by atoms with van der Waals surface area (Å²) in [5.41, 5.74) is 10.2. The maximum Gasteiger partial charge on any atom is 0.379 e. The molecule has 7 nitrogen and oxygen atoms in total. The Morgan fingerprint density at radius 3 is 2.64 bits per heavy atom. The van der Waals surface area contributed by atoms with Gasteiger partial charge in [-0.3, -0.25) is 0 Å². The van der Waals surface area contributed by atoms with E-state index in [0.29, 0.717) is 39.8 Å². The second-order valence-electron chi connectivity index (χ2n) is 9.70. The topological polar surface area (TPSA) is 108 Å². The van der Waals surface area contributed by atoms with Crippen molar-refractivity contribution in [2.45, 2.75) is 19.4 Å². The van der Waals surface area contributed by atoms with Crippen LogP contribution in [0.25, 0.3) is 11.0 Å². The van der Waals surface area contributed by atoms with Crippen molar-refractivity contribution in [2.24, 2.45) is 5.73 Å². The Bertz CT molecular complexity index is 1920. The van der Waals surface area contributed by atoms with E-state index in [0.717, 1.165) is 21.0 Å². The molecule has 2 N–H and O–H groups in total. The summed E-state index contributed by atoms with van der Waals surface area (Å²) in [4.78, 5) is 13.1. The summed E-state index contributed by atoms with van der Waals surface area (Å²) in [6.07, 6.45) is 0. The van der Waals surface area contributed by atoms with E-state index in [-0.39, 0.29) is 23.0 Å². The molecule has 0 bridgehead atoms. The van der Waals surface area contributed by atoms with Gasteiger partial charge in [0.25, 0.3) is 0 Å². The van der Waals surface area contributed by atoms with Crippen molar-refractivity contribution < 1.29 is 23.4 Å². The number of furan rings is 1. The minimum Gasteiger partial charge on any atom is -0.489 e. The van der Waals surface area contributed by atoms with Gasteiger partial charge in [0.2, 0.25) is 11.6 Å². The van der Waals surface area contributed by atoms with Crippen LogP contribution in [0.5, 0.6) is 17.2 Å². The number of rotatable bonds is 6. The fourth-order valence-corrected chi connectivity index (χ4v) is 5.40. The Hall–Kier alpha value is -4.71. The fourth-order valence-electron chi connectivity index (χ4n) is 4.91. The molecule has 0 saturated carbocycles. The first kappa shape index (κ1) is 27.5. The van der Waals surface area contributed by atoms with Gasteiger partial charge in [-0.05, 0) is 66.6 Å². The molecule has 1 aliphatic rings. The number of carbonyl (C=O) groups excluding carboxylic acids is 1. The predicted octanol–water partition coefficient (Wildman–Crippen LogP) is 8.17. The van der Waals surface area contributed by atoms with Gasteiger partial charge in [-0.1, -0.05) is 57.9 Å². The van der Waals surface area contributed by atoms with Crippen LogP contribution in [0.4, 0.5) is 0 Å². The SMILES string of the molecule is Cc1c(C(=O)Oc2ccc3c(c2)OC(N)=C(C#N)C3c2cccc(OCc3ccc(Cl)cc3)c2)oc2ccc(Br)cc12. The van der Waals surface area contributed by atoms with Crippen LogP contribution in [-0.2, 0) is 6.61 Å². The Morgan fingerprint density at radius 1 is 1.05 bits per heavy atom. The summed E-state index contributed by atoms with van der Waals surface area (Å²) in [6, 6.07) is 27.6. The smallest absolute Gasteiger partial charge is 0.379 e. The molecule has 1 unspecified atom stereocenters. The van der Waals surface area contributed by atoms with Crippen LogP contribution in [0.2, 0.25) is 5.02 Å². The first-order chi connectivity index (χ1) is 20.3. The molecule has 0 radical (unpaired) electrons. The van der Waals surface area contributed by atoms with Gasteiger partial charge >= 0.3 is 5.97 Å². The van der Waals surface area contributed by atoms with E-state index >= 15 is 0 Å². The van der Waals surface area contributed by atoms with Gasteiger partial charge in [0.1, 0.15) is 41.1 Å². The second-order valence-corrected chi connectivity index (χ2v) is 11.1. The quantitative estimate of drug-likeness (QED) is 0.147. The van der Waals surface area contributed by atoms with Crippen LogP contribution >= 0.6 is 27.5 Å². The van der Waals surface area contributed by atoms with Crippen LogP contribution in [-0.4, -0.2) is 5.97 Å². The molecule has 6 rings (SSSR count). The summed E-state index contributed by atoms with van der Waals surface area (Å²) in [5, 5.41) is 11.4. The van der Waals surface area contributed by atoms with E-state index in [1.165, 1.54) is 0 Å². The number of nitriles is 1. The number of ether oxygens (including phenoxy) is 3. The van der Waals surface area contributed by atoms with Gasteiger partial charge in [0.05, 0.1) is 5.92 Å². The zero-order chi connectivity index (χ0) is 29.4. The molecule has 42 heavy (non-hydrogen) atoms. The van der Waals surface area contributed by atoms with E-state index in [1.54, 1.807) is 31.2 Å². The molecule has 208 valence electrons. The van der Waals surface area contributed by atoms with Gasteiger partial charge in [-0.15, -0.1) is 0 Å². The van der Waals surface area contributed by atoms with Crippen LogP contribution in [0.1, 0.15) is 38.7 Å². The summed E-state index contributed by atoms with van der Waals surface area (Å²) < 4.78 is 24.2. The third-order valence-corrected chi connectivity index (χ3v) is 7.74. The number of esters is 1. The molecule has 1 atom stereocenters. The number of aryl methyl sites for hydroxylation is 1. The molecule has 0 aliphatic carbocycles. The highest BCUT2D eigenvalue weighted by Gasteiger charge is 2.31. The summed E-state index contributed by atoms with van der Waals surface area (Å²) in [7, 11) is 0. The van der Waals surface area contributed by atoms with E-state index in [1.807, 2.05) is 60.7 Å². The summed E-state index contributed by atoms with van der Waals surface area (Å²) >= 11 is 9.43. The maximum absolute atomic E-state index is 13.1. The number of hydrogen-bond donors (Lipinski definition) is 1. The highest BCUT2D eigenvalue weighted by molar-refractivity contribution is 9.10. The van der Waals surface area contributed by atoms with Crippen molar-refractivity contribution in [2.75, 3.05) is 0 Å². The molecule has 0 spiro atoms. The monoisotopic (exact) mass is 640 g/mol. The largest absolute Gasteiger partial charge is 0.489 e. The molecule has 2 heterocycles. The molecule has 1 aliphatic heterocycles. The van der Waals surface area contributed by atoms with Crippen LogP contribution in [0.15, 0.2) is 105 Å². The highest BCUT2D eigenvalue weighted by atomic mass is 79.9. The van der Waals surface area contributed by atoms with Crippen LogP contribution in [0.3, 0.4) is 0 Å². The number of hydrogen-bond acceptors (Lipinski definition) is 7. The number of nitrogens with two attached hydrogens (primary N) is 1. The number of halogens is 2. The number of fused-ring (bicyclic) bond motifs is 2. The van der Waals surface area contributed by atoms with Crippen LogP contribution in [0, 0.1) is 18.3 Å².